The molecular weight excluding hydrogens is 210 g/mol. The first kappa shape index (κ1) is 12.5. The van der Waals surface area contributed by atoms with Crippen molar-refractivity contribution in [3.05, 3.63) is 30.1 Å². The number of aromatic nitrogens is 1. The lowest BCUT2D eigenvalue weighted by Crippen LogP contribution is -2.48. The van der Waals surface area contributed by atoms with Crippen LogP contribution in [-0.4, -0.2) is 37.6 Å². The van der Waals surface area contributed by atoms with Gasteiger partial charge in [-0.05, 0) is 45.6 Å². The monoisotopic (exact) mass is 233 g/mol. The standard InChI is InChI=1S/C14H23N3/c1-15-11-14(7-5-8-14)13(17(2)3)12-6-4-9-16-10-12/h4,6,9-10,13,15H,5,7-8,11H2,1-3H3. The van der Waals surface area contributed by atoms with Gasteiger partial charge in [0.2, 0.25) is 0 Å². The molecule has 1 fully saturated rings. The van der Waals surface area contributed by atoms with Crippen molar-refractivity contribution in [2.45, 2.75) is 25.3 Å². The molecule has 1 N–H and O–H groups in total. The van der Waals surface area contributed by atoms with Gasteiger partial charge in [0, 0.05) is 30.4 Å². The fourth-order valence-electron chi connectivity index (χ4n) is 3.27. The van der Waals surface area contributed by atoms with E-state index in [0.29, 0.717) is 11.5 Å². The molecular formula is C14H23N3. The smallest absolute Gasteiger partial charge is 0.0425 e. The van der Waals surface area contributed by atoms with Gasteiger partial charge in [-0.1, -0.05) is 12.5 Å². The Balaban J connectivity index is 2.29. The van der Waals surface area contributed by atoms with Gasteiger partial charge < -0.3 is 10.2 Å². The molecule has 0 spiro atoms. The van der Waals surface area contributed by atoms with E-state index in [1.165, 1.54) is 24.8 Å². The van der Waals surface area contributed by atoms with Crippen molar-refractivity contribution in [3.8, 4) is 0 Å². The molecule has 0 radical (unpaired) electrons. The number of nitrogens with one attached hydrogen (secondary N) is 1. The van der Waals surface area contributed by atoms with Crippen molar-refractivity contribution in [3.63, 3.8) is 0 Å². The third kappa shape index (κ3) is 2.35. The van der Waals surface area contributed by atoms with E-state index in [1.807, 2.05) is 18.5 Å². The summed E-state index contributed by atoms with van der Waals surface area (Å²) in [6, 6.07) is 4.71. The molecule has 1 saturated carbocycles. The van der Waals surface area contributed by atoms with E-state index >= 15 is 0 Å². The summed E-state index contributed by atoms with van der Waals surface area (Å²) in [6.07, 6.45) is 7.84. The second-order valence-corrected chi connectivity index (χ2v) is 5.40. The molecule has 0 saturated heterocycles. The Morgan fingerprint density at radius 2 is 2.24 bits per heavy atom. The summed E-state index contributed by atoms with van der Waals surface area (Å²) in [5, 5.41) is 3.37. The molecule has 1 atom stereocenters. The van der Waals surface area contributed by atoms with Crippen LogP contribution in [0.1, 0.15) is 30.9 Å². The average Bonchev–Trinajstić information content (AvgIpc) is 2.27. The van der Waals surface area contributed by atoms with Gasteiger partial charge in [-0.2, -0.15) is 0 Å². The molecule has 1 aromatic rings. The second-order valence-electron chi connectivity index (χ2n) is 5.40. The minimum atomic E-state index is 0.390. The molecule has 1 unspecified atom stereocenters. The highest BCUT2D eigenvalue weighted by molar-refractivity contribution is 5.19. The molecule has 17 heavy (non-hydrogen) atoms. The van der Waals surface area contributed by atoms with E-state index in [4.69, 9.17) is 0 Å². The number of hydrogen-bond donors (Lipinski definition) is 1. The maximum atomic E-state index is 4.27. The third-order valence-electron chi connectivity index (χ3n) is 3.97. The van der Waals surface area contributed by atoms with E-state index in [-0.39, 0.29) is 0 Å². The number of nitrogens with zero attached hydrogens (tertiary/aromatic N) is 2. The predicted molar refractivity (Wildman–Crippen MR) is 70.9 cm³/mol. The Morgan fingerprint density at radius 3 is 2.65 bits per heavy atom. The summed E-state index contributed by atoms with van der Waals surface area (Å²) in [5.41, 5.74) is 1.73. The first-order chi connectivity index (χ1) is 8.19. The van der Waals surface area contributed by atoms with Crippen LogP contribution >= 0.6 is 0 Å². The fourth-order valence-corrected chi connectivity index (χ4v) is 3.27. The van der Waals surface area contributed by atoms with Gasteiger partial charge in [0.25, 0.3) is 0 Å². The first-order valence-electron chi connectivity index (χ1n) is 6.40. The van der Waals surface area contributed by atoms with Crippen LogP contribution in [0.25, 0.3) is 0 Å². The van der Waals surface area contributed by atoms with Crippen LogP contribution in [0.15, 0.2) is 24.5 Å². The van der Waals surface area contributed by atoms with Crippen molar-refractivity contribution < 1.29 is 0 Å². The van der Waals surface area contributed by atoms with E-state index < -0.39 is 0 Å². The summed E-state index contributed by atoms with van der Waals surface area (Å²) < 4.78 is 0. The summed E-state index contributed by atoms with van der Waals surface area (Å²) in [7, 11) is 6.40. The maximum Gasteiger partial charge on any atom is 0.0425 e. The highest BCUT2D eigenvalue weighted by Gasteiger charge is 2.45. The molecule has 2 rings (SSSR count). The molecule has 1 aliphatic rings. The Hall–Kier alpha value is -0.930. The molecule has 1 heterocycles. The minimum Gasteiger partial charge on any atom is -0.319 e. The Labute approximate surface area is 104 Å². The molecule has 0 bridgehead atoms. The Kier molecular flexibility index (Phi) is 3.79. The topological polar surface area (TPSA) is 28.2 Å². The molecule has 94 valence electrons. The molecule has 0 aromatic carbocycles. The van der Waals surface area contributed by atoms with E-state index in [9.17, 15) is 0 Å². The van der Waals surface area contributed by atoms with Crippen LogP contribution in [-0.2, 0) is 0 Å². The minimum absolute atomic E-state index is 0.390. The van der Waals surface area contributed by atoms with Crippen LogP contribution in [0.5, 0.6) is 0 Å². The van der Waals surface area contributed by atoms with Crippen LogP contribution in [0.3, 0.4) is 0 Å². The van der Waals surface area contributed by atoms with Gasteiger partial charge >= 0.3 is 0 Å². The lowest BCUT2D eigenvalue weighted by atomic mass is 9.62. The fraction of sp³-hybridized carbons (Fsp3) is 0.643. The van der Waals surface area contributed by atoms with Crippen molar-refractivity contribution in [2.75, 3.05) is 27.7 Å². The predicted octanol–water partition coefficient (Wildman–Crippen LogP) is 2.07. The number of pyridine rings is 1. The van der Waals surface area contributed by atoms with E-state index in [2.05, 4.69) is 42.4 Å². The summed E-state index contributed by atoms with van der Waals surface area (Å²) in [6.45, 7) is 1.09. The average molecular weight is 233 g/mol. The third-order valence-corrected chi connectivity index (χ3v) is 3.97. The van der Waals surface area contributed by atoms with Gasteiger partial charge in [-0.15, -0.1) is 0 Å². The number of hydrogen-bond acceptors (Lipinski definition) is 3. The van der Waals surface area contributed by atoms with Crippen LogP contribution in [0.4, 0.5) is 0 Å². The summed E-state index contributed by atoms with van der Waals surface area (Å²) in [5.74, 6) is 0. The van der Waals surface area contributed by atoms with Crippen molar-refractivity contribution in [1.82, 2.24) is 15.2 Å². The molecule has 0 aliphatic heterocycles. The zero-order chi connectivity index (χ0) is 12.3. The quantitative estimate of drug-likeness (QED) is 0.844. The van der Waals surface area contributed by atoms with Crippen molar-refractivity contribution >= 4 is 0 Å². The van der Waals surface area contributed by atoms with E-state index in [1.54, 1.807) is 0 Å². The van der Waals surface area contributed by atoms with Gasteiger partial charge in [-0.25, -0.2) is 0 Å². The van der Waals surface area contributed by atoms with Gasteiger partial charge in [0.1, 0.15) is 0 Å². The van der Waals surface area contributed by atoms with Gasteiger partial charge in [0.05, 0.1) is 0 Å². The van der Waals surface area contributed by atoms with Crippen LogP contribution < -0.4 is 5.32 Å². The van der Waals surface area contributed by atoms with Crippen molar-refractivity contribution in [2.24, 2.45) is 5.41 Å². The Morgan fingerprint density at radius 1 is 1.47 bits per heavy atom. The molecule has 0 amide bonds. The first-order valence-corrected chi connectivity index (χ1v) is 6.40. The van der Waals surface area contributed by atoms with Crippen LogP contribution in [0.2, 0.25) is 0 Å². The van der Waals surface area contributed by atoms with E-state index in [0.717, 1.165) is 6.54 Å². The largest absolute Gasteiger partial charge is 0.319 e. The van der Waals surface area contributed by atoms with Crippen LogP contribution in [0, 0.1) is 5.41 Å². The zero-order valence-corrected chi connectivity index (χ0v) is 11.1. The van der Waals surface area contributed by atoms with Crippen molar-refractivity contribution in [1.29, 1.82) is 0 Å². The van der Waals surface area contributed by atoms with Gasteiger partial charge in [0.15, 0.2) is 0 Å². The highest BCUT2D eigenvalue weighted by atomic mass is 15.1. The molecule has 3 heteroatoms. The molecule has 1 aliphatic carbocycles. The lowest BCUT2D eigenvalue weighted by molar-refractivity contribution is 0.0214. The second kappa shape index (κ2) is 5.15. The Bertz CT molecular complexity index is 344. The molecule has 1 aromatic heterocycles. The summed E-state index contributed by atoms with van der Waals surface area (Å²) in [4.78, 5) is 6.61. The lowest BCUT2D eigenvalue weighted by Gasteiger charge is -2.50. The molecule has 3 nitrogen and oxygen atoms in total. The van der Waals surface area contributed by atoms with Gasteiger partial charge in [-0.3, -0.25) is 4.98 Å². The SMILES string of the molecule is CNCC1(C(c2cccnc2)N(C)C)CCC1. The highest BCUT2D eigenvalue weighted by Crippen LogP contribution is 2.51. The normalized spacial score (nSPS) is 20.0. The number of rotatable bonds is 5. The summed E-state index contributed by atoms with van der Waals surface area (Å²) >= 11 is 0. The zero-order valence-electron chi connectivity index (χ0n) is 11.1. The maximum absolute atomic E-state index is 4.27.